The minimum atomic E-state index is -1.55. The van der Waals surface area contributed by atoms with E-state index in [0.717, 1.165) is 41.6 Å². The molecule has 0 bridgehead atoms. The third-order valence-electron chi connectivity index (χ3n) is 8.56. The SMILES string of the molecule is COc1ccc2[nH]c3c(c2c1)CCCC3NC(C)=C1C(=O)C=C2Oc3c(C(C)=O)c(O)c(C)c(O)c3C2(C)C1=O. The molecule has 0 fully saturated rings. The summed E-state index contributed by atoms with van der Waals surface area (Å²) in [5.74, 6) is -1.64. The van der Waals surface area contributed by atoms with Gasteiger partial charge in [0.2, 0.25) is 0 Å². The van der Waals surface area contributed by atoms with Crippen molar-refractivity contribution in [3.63, 3.8) is 0 Å². The quantitative estimate of drug-likeness (QED) is 0.211. The monoisotopic (exact) mass is 542 g/mol. The van der Waals surface area contributed by atoms with Gasteiger partial charge in [-0.3, -0.25) is 14.4 Å². The molecular formula is C31H30N2O7. The van der Waals surface area contributed by atoms with Gasteiger partial charge in [-0.2, -0.15) is 0 Å². The molecule has 3 aliphatic rings. The molecule has 6 rings (SSSR count). The summed E-state index contributed by atoms with van der Waals surface area (Å²) in [5, 5.41) is 26.1. The van der Waals surface area contributed by atoms with Crippen LogP contribution in [0.1, 0.15) is 72.4 Å². The Morgan fingerprint density at radius 3 is 2.65 bits per heavy atom. The molecule has 0 radical (unpaired) electrons. The van der Waals surface area contributed by atoms with Crippen LogP contribution < -0.4 is 14.8 Å². The third kappa shape index (κ3) is 3.36. The minimum Gasteiger partial charge on any atom is -0.507 e. The lowest BCUT2D eigenvalue weighted by atomic mass is 9.70. The van der Waals surface area contributed by atoms with E-state index in [-0.39, 0.29) is 45.6 Å². The standard InChI is InChI=1S/C31H30N2O7/c1-13-27(36)24(15(3)34)29-25(28(13)37)31(4)22(40-29)12-21(35)23(30(31)38)14(2)32-20-8-6-7-17-18-11-16(39-5)9-10-19(18)33-26(17)20/h9-12,20,32-33,36-37H,6-8H2,1-5H3. The largest absolute Gasteiger partial charge is 0.507 e. The maximum absolute atomic E-state index is 14.2. The number of nitrogens with one attached hydrogen (secondary N) is 2. The number of Topliss-reactive ketones (excluding diaryl/α,β-unsaturated/α-hetero) is 2. The number of methoxy groups -OCH3 is 1. The fourth-order valence-electron chi connectivity index (χ4n) is 6.41. The van der Waals surface area contributed by atoms with Crippen molar-refractivity contribution in [1.29, 1.82) is 0 Å². The number of phenolic OH excluding ortho intramolecular Hbond substituents is 2. The maximum Gasteiger partial charge on any atom is 0.194 e. The molecule has 2 atom stereocenters. The highest BCUT2D eigenvalue weighted by molar-refractivity contribution is 6.31. The van der Waals surface area contributed by atoms with E-state index in [1.807, 2.05) is 18.2 Å². The topological polar surface area (TPSA) is 138 Å². The Bertz CT molecular complexity index is 1740. The number of aryl methyl sites for hydroxylation is 1. The highest BCUT2D eigenvalue weighted by Crippen LogP contribution is 2.57. The number of aromatic nitrogens is 1. The number of carbonyl (C=O) groups is 3. The average molecular weight is 543 g/mol. The molecule has 2 heterocycles. The lowest BCUT2D eigenvalue weighted by Crippen LogP contribution is -2.41. The van der Waals surface area contributed by atoms with Crippen LogP contribution in [0.15, 0.2) is 41.3 Å². The maximum atomic E-state index is 14.2. The van der Waals surface area contributed by atoms with Crippen LogP contribution in [0.25, 0.3) is 10.9 Å². The number of H-pyrrole nitrogens is 1. The molecule has 2 unspecified atom stereocenters. The summed E-state index contributed by atoms with van der Waals surface area (Å²) in [6.07, 6.45) is 3.86. The number of rotatable bonds is 4. The van der Waals surface area contributed by atoms with E-state index in [2.05, 4.69) is 10.3 Å². The molecule has 206 valence electrons. The summed E-state index contributed by atoms with van der Waals surface area (Å²) in [5.41, 5.74) is 2.01. The molecular weight excluding hydrogens is 512 g/mol. The fourth-order valence-corrected chi connectivity index (χ4v) is 6.41. The van der Waals surface area contributed by atoms with Crippen LogP contribution in [-0.2, 0) is 21.4 Å². The first-order valence-corrected chi connectivity index (χ1v) is 13.2. The molecule has 1 aromatic heterocycles. The van der Waals surface area contributed by atoms with Crippen molar-refractivity contribution in [3.8, 4) is 23.0 Å². The summed E-state index contributed by atoms with van der Waals surface area (Å²) < 4.78 is 11.3. The first kappa shape index (κ1) is 25.7. The number of hydrogen-bond donors (Lipinski definition) is 4. The number of fused-ring (bicyclic) bond motifs is 6. The van der Waals surface area contributed by atoms with E-state index in [1.54, 1.807) is 21.0 Å². The lowest BCUT2D eigenvalue weighted by molar-refractivity contribution is -0.123. The van der Waals surface area contributed by atoms with E-state index in [1.165, 1.54) is 25.5 Å². The zero-order valence-corrected chi connectivity index (χ0v) is 22.9. The van der Waals surface area contributed by atoms with Crippen molar-refractivity contribution in [3.05, 3.63) is 69.3 Å². The van der Waals surface area contributed by atoms with Gasteiger partial charge in [-0.1, -0.05) is 0 Å². The van der Waals surface area contributed by atoms with Crippen LogP contribution in [-0.4, -0.2) is 39.7 Å². The van der Waals surface area contributed by atoms with Gasteiger partial charge in [-0.15, -0.1) is 0 Å². The van der Waals surface area contributed by atoms with Crippen LogP contribution in [0.4, 0.5) is 0 Å². The van der Waals surface area contributed by atoms with Crippen molar-refractivity contribution in [2.24, 2.45) is 0 Å². The molecule has 2 aliphatic carbocycles. The molecule has 2 aromatic carbocycles. The normalized spacial score (nSPS) is 22.7. The van der Waals surface area contributed by atoms with Gasteiger partial charge >= 0.3 is 0 Å². The second-order valence-corrected chi connectivity index (χ2v) is 10.9. The Morgan fingerprint density at radius 1 is 1.20 bits per heavy atom. The van der Waals surface area contributed by atoms with Gasteiger partial charge in [-0.05, 0) is 70.7 Å². The second-order valence-electron chi connectivity index (χ2n) is 10.9. The van der Waals surface area contributed by atoms with E-state index < -0.39 is 28.5 Å². The number of phenols is 2. The molecule has 0 amide bonds. The van der Waals surface area contributed by atoms with Crippen LogP contribution in [0.2, 0.25) is 0 Å². The fraction of sp³-hybridized carbons (Fsp3) is 0.323. The first-order chi connectivity index (χ1) is 19.0. The van der Waals surface area contributed by atoms with Crippen LogP contribution in [0.3, 0.4) is 0 Å². The number of carbonyl (C=O) groups excluding carboxylic acids is 3. The van der Waals surface area contributed by atoms with E-state index in [9.17, 15) is 24.6 Å². The van der Waals surface area contributed by atoms with Crippen LogP contribution >= 0.6 is 0 Å². The summed E-state index contributed by atoms with van der Waals surface area (Å²) >= 11 is 0. The van der Waals surface area contributed by atoms with Crippen molar-refractivity contribution in [2.75, 3.05) is 7.11 Å². The molecule has 4 N–H and O–H groups in total. The van der Waals surface area contributed by atoms with Crippen molar-refractivity contribution in [1.82, 2.24) is 10.3 Å². The molecule has 1 aliphatic heterocycles. The predicted molar refractivity (Wildman–Crippen MR) is 147 cm³/mol. The van der Waals surface area contributed by atoms with Gasteiger partial charge in [0.05, 0.1) is 24.3 Å². The molecule has 9 heteroatoms. The Labute approximate surface area is 230 Å². The number of aromatic amines is 1. The number of aromatic hydroxyl groups is 2. The zero-order chi connectivity index (χ0) is 28.7. The Kier molecular flexibility index (Phi) is 5.62. The summed E-state index contributed by atoms with van der Waals surface area (Å²) in [6.45, 7) is 5.99. The summed E-state index contributed by atoms with van der Waals surface area (Å²) in [4.78, 5) is 43.4. The van der Waals surface area contributed by atoms with Crippen LogP contribution in [0.5, 0.6) is 23.0 Å². The third-order valence-corrected chi connectivity index (χ3v) is 8.56. The zero-order valence-electron chi connectivity index (χ0n) is 22.9. The van der Waals surface area contributed by atoms with Gasteiger partial charge in [0.25, 0.3) is 0 Å². The number of benzene rings is 2. The molecule has 0 spiro atoms. The molecule has 0 saturated heterocycles. The Balaban J connectivity index is 1.44. The highest BCUT2D eigenvalue weighted by Gasteiger charge is 2.56. The van der Waals surface area contributed by atoms with Gasteiger partial charge in [0.1, 0.15) is 39.7 Å². The van der Waals surface area contributed by atoms with Gasteiger partial charge in [0.15, 0.2) is 17.3 Å². The van der Waals surface area contributed by atoms with Crippen molar-refractivity contribution in [2.45, 2.75) is 58.4 Å². The van der Waals surface area contributed by atoms with E-state index in [0.29, 0.717) is 5.70 Å². The smallest absolute Gasteiger partial charge is 0.194 e. The van der Waals surface area contributed by atoms with Crippen LogP contribution in [0, 0.1) is 6.92 Å². The molecule has 3 aromatic rings. The summed E-state index contributed by atoms with van der Waals surface area (Å²) in [7, 11) is 1.64. The number of hydrogen-bond acceptors (Lipinski definition) is 8. The number of allylic oxidation sites excluding steroid dienone is 4. The van der Waals surface area contributed by atoms with Gasteiger partial charge in [-0.25, -0.2) is 0 Å². The van der Waals surface area contributed by atoms with Gasteiger partial charge < -0.3 is 30.0 Å². The minimum absolute atomic E-state index is 0.0152. The van der Waals surface area contributed by atoms with Crippen molar-refractivity contribution >= 4 is 28.3 Å². The van der Waals surface area contributed by atoms with Crippen molar-refractivity contribution < 1.29 is 34.1 Å². The van der Waals surface area contributed by atoms with E-state index in [4.69, 9.17) is 9.47 Å². The highest BCUT2D eigenvalue weighted by atomic mass is 16.5. The number of ether oxygens (including phenoxy) is 2. The molecule has 0 saturated carbocycles. The number of ketones is 3. The van der Waals surface area contributed by atoms with E-state index >= 15 is 0 Å². The first-order valence-electron chi connectivity index (χ1n) is 13.2. The average Bonchev–Trinajstić information content (AvgIpc) is 3.43. The molecule has 40 heavy (non-hydrogen) atoms. The lowest BCUT2D eigenvalue weighted by Gasteiger charge is -2.30. The second kappa shape index (κ2) is 8.74. The Morgan fingerprint density at radius 2 is 1.95 bits per heavy atom. The predicted octanol–water partition coefficient (Wildman–Crippen LogP) is 4.73. The molecule has 9 nitrogen and oxygen atoms in total. The van der Waals surface area contributed by atoms with Gasteiger partial charge in [0, 0.05) is 33.9 Å². The Hall–Kier alpha value is -4.53. The summed E-state index contributed by atoms with van der Waals surface area (Å²) in [6, 6.07) is 5.74.